The average molecular weight is 426 g/mol. The van der Waals surface area contributed by atoms with Gasteiger partial charge in [0.15, 0.2) is 6.61 Å². The van der Waals surface area contributed by atoms with Crippen molar-refractivity contribution in [2.45, 2.75) is 53.4 Å². The van der Waals surface area contributed by atoms with Crippen LogP contribution >= 0.6 is 0 Å². The fourth-order valence-electron chi connectivity index (χ4n) is 4.15. The predicted molar refractivity (Wildman–Crippen MR) is 119 cm³/mol. The quantitative estimate of drug-likeness (QED) is 0.687. The van der Waals surface area contributed by atoms with E-state index in [2.05, 4.69) is 31.4 Å². The van der Waals surface area contributed by atoms with Gasteiger partial charge in [0, 0.05) is 17.6 Å². The summed E-state index contributed by atoms with van der Waals surface area (Å²) >= 11 is 0. The van der Waals surface area contributed by atoms with Crippen LogP contribution in [0.3, 0.4) is 0 Å². The molecule has 0 bridgehead atoms. The van der Waals surface area contributed by atoms with Crippen LogP contribution in [0, 0.1) is 11.3 Å². The first-order valence-corrected chi connectivity index (χ1v) is 10.9. The maximum Gasteiger partial charge on any atom is 0.339 e. The number of fused-ring (bicyclic) bond motifs is 2. The molecule has 1 unspecified atom stereocenters. The molecule has 0 spiro atoms. The van der Waals surface area contributed by atoms with Crippen LogP contribution in [0.4, 0.5) is 4.79 Å². The Morgan fingerprint density at radius 2 is 1.94 bits per heavy atom. The molecule has 31 heavy (non-hydrogen) atoms. The lowest BCUT2D eigenvalue weighted by atomic mass is 9.68. The molecule has 7 heteroatoms. The molecule has 166 valence electrons. The molecule has 2 N–H and O–H groups in total. The van der Waals surface area contributed by atoms with Gasteiger partial charge in [-0.05, 0) is 49.1 Å². The first-order valence-electron chi connectivity index (χ1n) is 10.9. The van der Waals surface area contributed by atoms with Crippen molar-refractivity contribution in [3.05, 3.63) is 41.1 Å². The minimum absolute atomic E-state index is 0.150. The second-order valence-corrected chi connectivity index (χ2v) is 8.69. The number of hydrogen-bond acceptors (Lipinski definition) is 5. The van der Waals surface area contributed by atoms with Gasteiger partial charge in [-0.25, -0.2) is 9.59 Å². The second-order valence-electron chi connectivity index (χ2n) is 8.69. The number of esters is 1. The summed E-state index contributed by atoms with van der Waals surface area (Å²) in [6.45, 7) is 8.34. The van der Waals surface area contributed by atoms with Crippen molar-refractivity contribution in [1.82, 2.24) is 15.6 Å². The van der Waals surface area contributed by atoms with E-state index in [9.17, 15) is 14.4 Å². The number of hydrogen-bond donors (Lipinski definition) is 2. The lowest BCUT2D eigenvalue weighted by Crippen LogP contribution is -2.41. The van der Waals surface area contributed by atoms with Gasteiger partial charge in [0.1, 0.15) is 0 Å². The van der Waals surface area contributed by atoms with Crippen LogP contribution in [0.25, 0.3) is 10.9 Å². The van der Waals surface area contributed by atoms with Crippen molar-refractivity contribution in [3.63, 3.8) is 0 Å². The summed E-state index contributed by atoms with van der Waals surface area (Å²) in [4.78, 5) is 41.4. The van der Waals surface area contributed by atoms with E-state index in [1.54, 1.807) is 6.92 Å². The monoisotopic (exact) mass is 425 g/mol. The van der Waals surface area contributed by atoms with Crippen LogP contribution in [-0.2, 0) is 22.4 Å². The molecule has 0 saturated carbocycles. The van der Waals surface area contributed by atoms with Gasteiger partial charge in [0.05, 0.1) is 11.1 Å². The molecule has 0 radical (unpaired) electrons. The lowest BCUT2D eigenvalue weighted by molar-refractivity contribution is -0.123. The number of benzene rings is 1. The Hall–Kier alpha value is -2.96. The highest BCUT2D eigenvalue weighted by Gasteiger charge is 2.34. The summed E-state index contributed by atoms with van der Waals surface area (Å²) < 4.78 is 5.33. The third-order valence-electron chi connectivity index (χ3n) is 6.40. The number of nitrogens with zero attached hydrogens (tertiary/aromatic N) is 1. The lowest BCUT2D eigenvalue weighted by Gasteiger charge is -2.37. The van der Waals surface area contributed by atoms with Gasteiger partial charge in [0.25, 0.3) is 5.91 Å². The number of carbonyl (C=O) groups excluding carboxylic acids is 3. The summed E-state index contributed by atoms with van der Waals surface area (Å²) in [5.74, 6) is -0.798. The fraction of sp³-hybridized carbons (Fsp3) is 0.500. The van der Waals surface area contributed by atoms with E-state index in [0.29, 0.717) is 18.0 Å². The number of aryl methyl sites for hydroxylation is 1. The fourth-order valence-corrected chi connectivity index (χ4v) is 4.15. The number of pyridine rings is 1. The molecule has 7 nitrogen and oxygen atoms in total. The van der Waals surface area contributed by atoms with E-state index >= 15 is 0 Å². The molecular formula is C24H31N3O4. The van der Waals surface area contributed by atoms with Crippen molar-refractivity contribution in [3.8, 4) is 0 Å². The molecule has 0 aliphatic heterocycles. The van der Waals surface area contributed by atoms with E-state index in [4.69, 9.17) is 9.72 Å². The van der Waals surface area contributed by atoms with Gasteiger partial charge < -0.3 is 10.1 Å². The Kier molecular flexibility index (Phi) is 6.93. The summed E-state index contributed by atoms with van der Waals surface area (Å²) in [5, 5.41) is 5.34. The molecule has 1 heterocycles. The zero-order valence-electron chi connectivity index (χ0n) is 18.7. The Morgan fingerprint density at radius 3 is 2.65 bits per heavy atom. The Balaban J connectivity index is 1.90. The molecule has 1 aromatic heterocycles. The number of amides is 3. The first kappa shape index (κ1) is 22.7. The van der Waals surface area contributed by atoms with Gasteiger partial charge >= 0.3 is 12.0 Å². The first-order chi connectivity index (χ1) is 14.8. The van der Waals surface area contributed by atoms with Crippen molar-refractivity contribution in [2.75, 3.05) is 13.2 Å². The minimum Gasteiger partial charge on any atom is -0.452 e. The summed E-state index contributed by atoms with van der Waals surface area (Å²) in [7, 11) is 0. The van der Waals surface area contributed by atoms with Gasteiger partial charge in [-0.15, -0.1) is 0 Å². The predicted octanol–water partition coefficient (Wildman–Crippen LogP) is 3.78. The number of ether oxygens (including phenoxy) is 1. The van der Waals surface area contributed by atoms with Gasteiger partial charge in [0.2, 0.25) is 0 Å². The maximum absolute atomic E-state index is 13.1. The van der Waals surface area contributed by atoms with Crippen LogP contribution in [0.1, 0.15) is 62.2 Å². The zero-order chi connectivity index (χ0) is 22.6. The van der Waals surface area contributed by atoms with Crippen LogP contribution < -0.4 is 10.6 Å². The molecule has 1 aliphatic carbocycles. The molecular weight excluding hydrogens is 394 g/mol. The number of nitrogens with one attached hydrogen (secondary N) is 2. The zero-order valence-corrected chi connectivity index (χ0v) is 18.7. The van der Waals surface area contributed by atoms with E-state index in [1.165, 1.54) is 0 Å². The highest BCUT2D eigenvalue weighted by molar-refractivity contribution is 6.06. The number of para-hydroxylation sites is 1. The molecule has 0 saturated heterocycles. The molecule has 0 fully saturated rings. The summed E-state index contributed by atoms with van der Waals surface area (Å²) in [5.41, 5.74) is 3.24. The topological polar surface area (TPSA) is 97.4 Å². The number of urea groups is 1. The van der Waals surface area contributed by atoms with Crippen LogP contribution in [0.2, 0.25) is 0 Å². The van der Waals surface area contributed by atoms with Gasteiger partial charge in [-0.1, -0.05) is 45.4 Å². The van der Waals surface area contributed by atoms with E-state index in [0.717, 1.165) is 47.8 Å². The van der Waals surface area contributed by atoms with Gasteiger partial charge in [-0.2, -0.15) is 0 Å². The smallest absolute Gasteiger partial charge is 0.339 e. The minimum atomic E-state index is -0.670. The van der Waals surface area contributed by atoms with Crippen LogP contribution in [-0.4, -0.2) is 36.0 Å². The van der Waals surface area contributed by atoms with Crippen molar-refractivity contribution >= 4 is 28.8 Å². The van der Waals surface area contributed by atoms with Crippen molar-refractivity contribution in [1.29, 1.82) is 0 Å². The number of imide groups is 1. The Labute approximate surface area is 182 Å². The Morgan fingerprint density at radius 1 is 1.19 bits per heavy atom. The van der Waals surface area contributed by atoms with Crippen LogP contribution in [0.5, 0.6) is 0 Å². The normalized spacial score (nSPS) is 15.8. The number of carbonyl (C=O) groups is 3. The largest absolute Gasteiger partial charge is 0.452 e. The number of rotatable bonds is 6. The van der Waals surface area contributed by atoms with Crippen LogP contribution in [0.15, 0.2) is 24.3 Å². The van der Waals surface area contributed by atoms with Gasteiger partial charge in [-0.3, -0.25) is 15.1 Å². The highest BCUT2D eigenvalue weighted by Crippen LogP contribution is 2.41. The SMILES string of the molecule is CCNC(=O)NC(=O)COC(=O)c1c2c(nc3ccccc13)CCC(C(C)(C)CC)C2. The van der Waals surface area contributed by atoms with E-state index < -0.39 is 24.5 Å². The average Bonchev–Trinajstić information content (AvgIpc) is 2.75. The van der Waals surface area contributed by atoms with E-state index in [-0.39, 0.29) is 5.41 Å². The molecule has 1 atom stereocenters. The van der Waals surface area contributed by atoms with Crippen molar-refractivity contribution in [2.24, 2.45) is 11.3 Å². The molecule has 3 amide bonds. The third-order valence-corrected chi connectivity index (χ3v) is 6.40. The summed E-state index contributed by atoms with van der Waals surface area (Å²) in [6.07, 6.45) is 3.65. The van der Waals surface area contributed by atoms with Crippen molar-refractivity contribution < 1.29 is 19.1 Å². The maximum atomic E-state index is 13.1. The molecule has 1 aliphatic rings. The molecule has 3 rings (SSSR count). The highest BCUT2D eigenvalue weighted by atomic mass is 16.5. The third kappa shape index (κ3) is 5.03. The standard InChI is InChI=1S/C24H31N3O4/c1-5-24(3,4)15-11-12-19-17(13-15)21(16-9-7-8-10-18(16)26-19)22(29)31-14-20(28)27-23(30)25-6-2/h7-10,15H,5-6,11-14H2,1-4H3,(H2,25,27,28,30). The second kappa shape index (κ2) is 9.45. The van der Waals surface area contributed by atoms with E-state index in [1.807, 2.05) is 24.3 Å². The molecule has 2 aromatic rings. The molecule has 1 aromatic carbocycles. The number of aromatic nitrogens is 1. The Bertz CT molecular complexity index is 1000. The summed E-state index contributed by atoms with van der Waals surface area (Å²) in [6, 6.07) is 6.90.